The molecule has 20 heavy (non-hydrogen) atoms. The van der Waals surface area contributed by atoms with Crippen molar-refractivity contribution in [1.82, 2.24) is 0 Å². The molecule has 0 bridgehead atoms. The van der Waals surface area contributed by atoms with Crippen LogP contribution >= 0.6 is 0 Å². The number of carbonyl (C=O) groups excluding carboxylic acids is 1. The maximum absolute atomic E-state index is 12.6. The van der Waals surface area contributed by atoms with E-state index in [9.17, 15) is 4.79 Å². The van der Waals surface area contributed by atoms with Gasteiger partial charge in [-0.1, -0.05) is 24.3 Å². The van der Waals surface area contributed by atoms with Crippen LogP contribution in [-0.2, 0) is 6.42 Å². The average Bonchev–Trinajstić information content (AvgIpc) is 2.47. The molecular weight excluding hydrogens is 252 g/mol. The second kappa shape index (κ2) is 5.00. The van der Waals surface area contributed by atoms with Gasteiger partial charge in [0.05, 0.1) is 25.7 Å². The molecular formula is C17H16O3. The SMILES string of the molecule is COc1ccc(C(=O)C2Cc3ccccc32)c(OC)c1. The zero-order valence-corrected chi connectivity index (χ0v) is 11.6. The van der Waals surface area contributed by atoms with Crippen molar-refractivity contribution < 1.29 is 14.3 Å². The van der Waals surface area contributed by atoms with Gasteiger partial charge in [-0.3, -0.25) is 4.79 Å². The maximum Gasteiger partial charge on any atom is 0.174 e. The van der Waals surface area contributed by atoms with Crippen molar-refractivity contribution in [3.05, 3.63) is 59.2 Å². The predicted molar refractivity (Wildman–Crippen MR) is 76.8 cm³/mol. The lowest BCUT2D eigenvalue weighted by Crippen LogP contribution is -2.25. The number of fused-ring (bicyclic) bond motifs is 1. The van der Waals surface area contributed by atoms with E-state index in [0.717, 1.165) is 12.0 Å². The zero-order valence-electron chi connectivity index (χ0n) is 11.6. The summed E-state index contributed by atoms with van der Waals surface area (Å²) in [5, 5.41) is 0. The number of Topliss-reactive ketones (excluding diaryl/α,β-unsaturated/α-hetero) is 1. The number of carbonyl (C=O) groups is 1. The molecule has 0 aliphatic heterocycles. The van der Waals surface area contributed by atoms with Crippen LogP contribution in [0, 0.1) is 0 Å². The van der Waals surface area contributed by atoms with Crippen molar-refractivity contribution in [1.29, 1.82) is 0 Å². The first kappa shape index (κ1) is 12.7. The second-order valence-electron chi connectivity index (χ2n) is 4.89. The van der Waals surface area contributed by atoms with Crippen LogP contribution < -0.4 is 9.47 Å². The van der Waals surface area contributed by atoms with Crippen LogP contribution in [0.15, 0.2) is 42.5 Å². The van der Waals surface area contributed by atoms with E-state index in [1.54, 1.807) is 32.4 Å². The van der Waals surface area contributed by atoms with Crippen LogP contribution in [0.2, 0.25) is 0 Å². The lowest BCUT2D eigenvalue weighted by molar-refractivity contribution is 0.0946. The fourth-order valence-corrected chi connectivity index (χ4v) is 2.68. The van der Waals surface area contributed by atoms with Crippen molar-refractivity contribution in [2.45, 2.75) is 12.3 Å². The minimum Gasteiger partial charge on any atom is -0.497 e. The van der Waals surface area contributed by atoms with Crippen LogP contribution in [0.5, 0.6) is 11.5 Å². The van der Waals surface area contributed by atoms with E-state index >= 15 is 0 Å². The number of hydrogen-bond acceptors (Lipinski definition) is 3. The number of ether oxygens (including phenoxy) is 2. The molecule has 1 unspecified atom stereocenters. The molecule has 1 aliphatic carbocycles. The van der Waals surface area contributed by atoms with E-state index in [-0.39, 0.29) is 11.7 Å². The summed E-state index contributed by atoms with van der Waals surface area (Å²) in [5.74, 6) is 1.32. The highest BCUT2D eigenvalue weighted by molar-refractivity contribution is 6.04. The molecule has 1 aliphatic rings. The van der Waals surface area contributed by atoms with Crippen molar-refractivity contribution in [2.24, 2.45) is 0 Å². The largest absolute Gasteiger partial charge is 0.497 e. The standard InChI is InChI=1S/C17H16O3/c1-19-12-7-8-14(16(10-12)20-2)17(18)15-9-11-5-3-4-6-13(11)15/h3-8,10,15H,9H2,1-2H3. The van der Waals surface area contributed by atoms with E-state index in [1.807, 2.05) is 18.2 Å². The predicted octanol–water partition coefficient (Wildman–Crippen LogP) is 3.23. The molecule has 0 N–H and O–H groups in total. The van der Waals surface area contributed by atoms with Crippen LogP contribution in [0.3, 0.4) is 0 Å². The third-order valence-electron chi connectivity index (χ3n) is 3.85. The molecule has 3 rings (SSSR count). The Morgan fingerprint density at radius 3 is 2.60 bits per heavy atom. The summed E-state index contributed by atoms with van der Waals surface area (Å²) in [6.07, 6.45) is 0.810. The summed E-state index contributed by atoms with van der Waals surface area (Å²) in [6, 6.07) is 13.4. The Kier molecular flexibility index (Phi) is 3.18. The van der Waals surface area contributed by atoms with Gasteiger partial charge in [0.25, 0.3) is 0 Å². The molecule has 0 saturated heterocycles. The van der Waals surface area contributed by atoms with Crippen LogP contribution in [0.4, 0.5) is 0 Å². The van der Waals surface area contributed by atoms with Crippen molar-refractivity contribution in [3.63, 3.8) is 0 Å². The quantitative estimate of drug-likeness (QED) is 0.799. The van der Waals surface area contributed by atoms with E-state index < -0.39 is 0 Å². The van der Waals surface area contributed by atoms with Crippen LogP contribution in [0.1, 0.15) is 27.4 Å². The summed E-state index contributed by atoms with van der Waals surface area (Å²) in [6.45, 7) is 0. The summed E-state index contributed by atoms with van der Waals surface area (Å²) < 4.78 is 10.5. The summed E-state index contributed by atoms with van der Waals surface area (Å²) in [4.78, 5) is 12.6. The van der Waals surface area contributed by atoms with E-state index in [1.165, 1.54) is 5.56 Å². The van der Waals surface area contributed by atoms with E-state index in [0.29, 0.717) is 17.1 Å². The lowest BCUT2D eigenvalue weighted by Gasteiger charge is -2.29. The van der Waals surface area contributed by atoms with Gasteiger partial charge >= 0.3 is 0 Å². The highest BCUT2D eigenvalue weighted by Gasteiger charge is 2.33. The number of ketones is 1. The Morgan fingerprint density at radius 2 is 1.90 bits per heavy atom. The third-order valence-corrected chi connectivity index (χ3v) is 3.85. The van der Waals surface area contributed by atoms with Gasteiger partial charge in [-0.2, -0.15) is 0 Å². The molecule has 0 saturated carbocycles. The first-order valence-corrected chi connectivity index (χ1v) is 6.58. The van der Waals surface area contributed by atoms with Gasteiger partial charge < -0.3 is 9.47 Å². The zero-order chi connectivity index (χ0) is 14.1. The first-order valence-electron chi connectivity index (χ1n) is 6.58. The maximum atomic E-state index is 12.6. The normalized spacial score (nSPS) is 16.0. The van der Waals surface area contributed by atoms with E-state index in [4.69, 9.17) is 9.47 Å². The third kappa shape index (κ3) is 1.95. The molecule has 2 aromatic rings. The molecule has 102 valence electrons. The van der Waals surface area contributed by atoms with Gasteiger partial charge in [-0.05, 0) is 29.7 Å². The highest BCUT2D eigenvalue weighted by Crippen LogP contribution is 2.39. The van der Waals surface area contributed by atoms with Gasteiger partial charge in [0.1, 0.15) is 11.5 Å². The molecule has 0 heterocycles. The molecule has 3 heteroatoms. The highest BCUT2D eigenvalue weighted by atomic mass is 16.5. The van der Waals surface area contributed by atoms with Crippen molar-refractivity contribution in [2.75, 3.05) is 14.2 Å². The van der Waals surface area contributed by atoms with Crippen LogP contribution in [0.25, 0.3) is 0 Å². The molecule has 0 aromatic heterocycles. The minimum atomic E-state index is -0.0477. The molecule has 0 amide bonds. The molecule has 2 aromatic carbocycles. The van der Waals surface area contributed by atoms with Crippen LogP contribution in [-0.4, -0.2) is 20.0 Å². The molecule has 3 nitrogen and oxygen atoms in total. The fraction of sp³-hybridized carbons (Fsp3) is 0.235. The van der Waals surface area contributed by atoms with Gasteiger partial charge in [0.2, 0.25) is 0 Å². The molecule has 0 spiro atoms. The lowest BCUT2D eigenvalue weighted by atomic mass is 9.73. The smallest absolute Gasteiger partial charge is 0.174 e. The second-order valence-corrected chi connectivity index (χ2v) is 4.89. The number of benzene rings is 2. The Bertz CT molecular complexity index is 661. The van der Waals surface area contributed by atoms with Gasteiger partial charge in [-0.15, -0.1) is 0 Å². The topological polar surface area (TPSA) is 35.5 Å². The molecule has 1 atom stereocenters. The van der Waals surface area contributed by atoms with E-state index in [2.05, 4.69) is 6.07 Å². The first-order chi connectivity index (χ1) is 9.74. The molecule has 0 fully saturated rings. The Labute approximate surface area is 118 Å². The number of methoxy groups -OCH3 is 2. The summed E-state index contributed by atoms with van der Waals surface area (Å²) in [7, 11) is 3.17. The Hall–Kier alpha value is -2.29. The van der Waals surface area contributed by atoms with Crippen molar-refractivity contribution in [3.8, 4) is 11.5 Å². The Morgan fingerprint density at radius 1 is 1.10 bits per heavy atom. The number of rotatable bonds is 4. The number of hydrogen-bond donors (Lipinski definition) is 0. The summed E-state index contributed by atoms with van der Waals surface area (Å²) >= 11 is 0. The monoisotopic (exact) mass is 268 g/mol. The summed E-state index contributed by atoms with van der Waals surface area (Å²) in [5.41, 5.74) is 3.02. The van der Waals surface area contributed by atoms with Gasteiger partial charge in [-0.25, -0.2) is 0 Å². The molecule has 0 radical (unpaired) electrons. The van der Waals surface area contributed by atoms with Gasteiger partial charge in [0.15, 0.2) is 5.78 Å². The average molecular weight is 268 g/mol. The van der Waals surface area contributed by atoms with Crippen molar-refractivity contribution >= 4 is 5.78 Å². The minimum absolute atomic E-state index is 0.0477. The fourth-order valence-electron chi connectivity index (χ4n) is 2.68. The Balaban J connectivity index is 1.93. The van der Waals surface area contributed by atoms with Gasteiger partial charge in [0, 0.05) is 6.07 Å².